The van der Waals surface area contributed by atoms with Gasteiger partial charge in [-0.1, -0.05) is 13.8 Å². The normalized spacial score (nSPS) is 20.0. The van der Waals surface area contributed by atoms with E-state index in [2.05, 4.69) is 41.0 Å². The summed E-state index contributed by atoms with van der Waals surface area (Å²) >= 11 is 0. The molecule has 0 spiro atoms. The number of aromatic nitrogens is 4. The number of ether oxygens (including phenoxy) is 2. The van der Waals surface area contributed by atoms with Crippen LogP contribution in [0.5, 0.6) is 5.75 Å². The third-order valence-corrected chi connectivity index (χ3v) is 9.75. The standard InChI is InChI=1S/C26H36N6O4S/c1-7-16(8-2)29-19-11-28-23-18(9-10-27-23)20(19)24-30-22(26(4,5)37(6,33)34)21-25(31-24)32-15(3)12-35-13-17(32)14-36-21/h9-11,15-17,29H,7-8,12-14H2,1-6H3,(H,27,28)/t15-,17+/m1/s1. The van der Waals surface area contributed by atoms with Gasteiger partial charge in [0, 0.05) is 23.9 Å². The first-order valence-corrected chi connectivity index (χ1v) is 14.8. The van der Waals surface area contributed by atoms with Gasteiger partial charge in [-0.25, -0.2) is 23.4 Å². The third kappa shape index (κ3) is 4.31. The van der Waals surface area contributed by atoms with Crippen molar-refractivity contribution in [3.63, 3.8) is 0 Å². The Morgan fingerprint density at radius 2 is 1.97 bits per heavy atom. The van der Waals surface area contributed by atoms with Crippen LogP contribution in [0, 0.1) is 0 Å². The summed E-state index contributed by atoms with van der Waals surface area (Å²) in [7, 11) is -3.55. The molecule has 3 aromatic rings. The molecule has 5 heterocycles. The van der Waals surface area contributed by atoms with E-state index in [1.165, 1.54) is 6.26 Å². The second kappa shape index (κ2) is 9.43. The van der Waals surface area contributed by atoms with Crippen molar-refractivity contribution >= 4 is 32.4 Å². The minimum absolute atomic E-state index is 0.0138. The van der Waals surface area contributed by atoms with Crippen molar-refractivity contribution in [2.75, 3.05) is 36.3 Å². The zero-order chi connectivity index (χ0) is 26.5. The summed E-state index contributed by atoms with van der Waals surface area (Å²) in [4.78, 5) is 20.0. The van der Waals surface area contributed by atoms with Gasteiger partial charge >= 0.3 is 0 Å². The molecular weight excluding hydrogens is 492 g/mol. The summed E-state index contributed by atoms with van der Waals surface area (Å²) in [5.41, 5.74) is 2.67. The third-order valence-electron chi connectivity index (χ3n) is 7.70. The van der Waals surface area contributed by atoms with E-state index < -0.39 is 14.6 Å². The topological polar surface area (TPSA) is 122 Å². The molecule has 2 aliphatic rings. The van der Waals surface area contributed by atoms with Crippen LogP contribution >= 0.6 is 0 Å². The first kappa shape index (κ1) is 25.7. The van der Waals surface area contributed by atoms with Crippen molar-refractivity contribution in [1.82, 2.24) is 19.9 Å². The van der Waals surface area contributed by atoms with Gasteiger partial charge in [-0.15, -0.1) is 0 Å². The van der Waals surface area contributed by atoms with Crippen LogP contribution in [0.25, 0.3) is 22.4 Å². The average molecular weight is 529 g/mol. The molecule has 0 amide bonds. The molecule has 2 aliphatic heterocycles. The summed E-state index contributed by atoms with van der Waals surface area (Å²) in [5, 5.41) is 4.48. The van der Waals surface area contributed by atoms with Gasteiger partial charge in [0.25, 0.3) is 0 Å². The lowest BCUT2D eigenvalue weighted by Crippen LogP contribution is -2.56. The maximum atomic E-state index is 13.0. The molecule has 200 valence electrons. The summed E-state index contributed by atoms with van der Waals surface area (Å²) < 4.78 is 36.7. The van der Waals surface area contributed by atoms with Crippen molar-refractivity contribution in [2.24, 2.45) is 0 Å². The highest BCUT2D eigenvalue weighted by Crippen LogP contribution is 2.45. The Balaban J connectivity index is 1.81. The Morgan fingerprint density at radius 3 is 2.68 bits per heavy atom. The summed E-state index contributed by atoms with van der Waals surface area (Å²) in [5.74, 6) is 1.48. The molecule has 1 saturated heterocycles. The fourth-order valence-electron chi connectivity index (χ4n) is 5.10. The van der Waals surface area contributed by atoms with Crippen LogP contribution in [-0.2, 0) is 19.3 Å². The molecule has 2 N–H and O–H groups in total. The number of anilines is 2. The molecule has 0 aromatic carbocycles. The van der Waals surface area contributed by atoms with Gasteiger partial charge in [0.2, 0.25) is 0 Å². The average Bonchev–Trinajstić information content (AvgIpc) is 3.34. The summed E-state index contributed by atoms with van der Waals surface area (Å²) in [6, 6.07) is 2.23. The van der Waals surface area contributed by atoms with Crippen LogP contribution in [0.15, 0.2) is 18.5 Å². The molecule has 2 atom stereocenters. The molecule has 10 nitrogen and oxygen atoms in total. The number of rotatable bonds is 7. The second-order valence-electron chi connectivity index (χ2n) is 10.5. The number of hydrogen-bond acceptors (Lipinski definition) is 9. The van der Waals surface area contributed by atoms with Gasteiger partial charge < -0.3 is 24.7 Å². The van der Waals surface area contributed by atoms with E-state index in [0.29, 0.717) is 48.6 Å². The molecule has 0 radical (unpaired) electrons. The smallest absolute Gasteiger partial charge is 0.185 e. The van der Waals surface area contributed by atoms with Gasteiger partial charge in [0.15, 0.2) is 27.2 Å². The van der Waals surface area contributed by atoms with Crippen molar-refractivity contribution < 1.29 is 17.9 Å². The molecule has 37 heavy (non-hydrogen) atoms. The van der Waals surface area contributed by atoms with Crippen LogP contribution in [0.3, 0.4) is 0 Å². The largest absolute Gasteiger partial charge is 0.486 e. The summed E-state index contributed by atoms with van der Waals surface area (Å²) in [6.07, 6.45) is 6.76. The lowest BCUT2D eigenvalue weighted by Gasteiger charge is -2.45. The molecule has 0 aliphatic carbocycles. The van der Waals surface area contributed by atoms with Crippen LogP contribution in [0.4, 0.5) is 11.5 Å². The molecule has 0 unspecified atom stereocenters. The molecule has 11 heteroatoms. The Bertz CT molecular complexity index is 1420. The Labute approximate surface area is 218 Å². The number of aromatic amines is 1. The molecule has 5 rings (SSSR count). The quantitative estimate of drug-likeness (QED) is 0.470. The lowest BCUT2D eigenvalue weighted by molar-refractivity contribution is 0.0482. The highest BCUT2D eigenvalue weighted by molar-refractivity contribution is 7.91. The number of H-pyrrole nitrogens is 1. The first-order chi connectivity index (χ1) is 17.6. The van der Waals surface area contributed by atoms with Gasteiger partial charge in [-0.3, -0.25) is 0 Å². The highest BCUT2D eigenvalue weighted by atomic mass is 32.2. The monoisotopic (exact) mass is 528 g/mol. The van der Waals surface area contributed by atoms with Crippen molar-refractivity contribution in [2.45, 2.75) is 70.3 Å². The maximum Gasteiger partial charge on any atom is 0.185 e. The highest BCUT2D eigenvalue weighted by Gasteiger charge is 2.44. The number of sulfone groups is 1. The zero-order valence-electron chi connectivity index (χ0n) is 22.3. The van der Waals surface area contributed by atoms with E-state index in [0.717, 1.165) is 29.5 Å². The molecule has 3 aromatic heterocycles. The molecule has 1 fully saturated rings. The van der Waals surface area contributed by atoms with Crippen molar-refractivity contribution in [3.8, 4) is 17.1 Å². The van der Waals surface area contributed by atoms with E-state index in [-0.39, 0.29) is 18.1 Å². The van der Waals surface area contributed by atoms with E-state index >= 15 is 0 Å². The SMILES string of the molecule is CCC(CC)Nc1cnc2[nH]ccc2c1-c1nc2c(c(C(C)(C)S(C)(=O)=O)n1)OC[C@@H]1COC[C@@H](C)N21. The fraction of sp³-hybridized carbons (Fsp3) is 0.577. The predicted molar refractivity (Wildman–Crippen MR) is 145 cm³/mol. The zero-order valence-corrected chi connectivity index (χ0v) is 23.1. The van der Waals surface area contributed by atoms with Gasteiger partial charge in [0.05, 0.1) is 42.7 Å². The second-order valence-corrected chi connectivity index (χ2v) is 13.1. The number of morpholine rings is 1. The van der Waals surface area contributed by atoms with E-state index in [1.807, 2.05) is 12.3 Å². The molecule has 0 bridgehead atoms. The van der Waals surface area contributed by atoms with Crippen LogP contribution in [0.2, 0.25) is 0 Å². The minimum Gasteiger partial charge on any atom is -0.486 e. The number of nitrogens with zero attached hydrogens (tertiary/aromatic N) is 4. The maximum absolute atomic E-state index is 13.0. The van der Waals surface area contributed by atoms with Crippen molar-refractivity contribution in [3.05, 3.63) is 24.2 Å². The van der Waals surface area contributed by atoms with Crippen molar-refractivity contribution in [1.29, 1.82) is 0 Å². The van der Waals surface area contributed by atoms with E-state index in [1.54, 1.807) is 20.0 Å². The first-order valence-electron chi connectivity index (χ1n) is 12.9. The van der Waals surface area contributed by atoms with Crippen LogP contribution < -0.4 is 15.0 Å². The number of fused-ring (bicyclic) bond motifs is 4. The van der Waals surface area contributed by atoms with Gasteiger partial charge in [-0.2, -0.15) is 0 Å². The Morgan fingerprint density at radius 1 is 1.22 bits per heavy atom. The van der Waals surface area contributed by atoms with Crippen LogP contribution in [0.1, 0.15) is 53.2 Å². The summed E-state index contributed by atoms with van der Waals surface area (Å²) in [6.45, 7) is 11.2. The van der Waals surface area contributed by atoms with E-state index in [9.17, 15) is 8.42 Å². The number of nitrogens with one attached hydrogen (secondary N) is 2. The van der Waals surface area contributed by atoms with Gasteiger partial charge in [0.1, 0.15) is 22.7 Å². The molecule has 0 saturated carbocycles. The fourth-order valence-corrected chi connectivity index (χ4v) is 5.59. The van der Waals surface area contributed by atoms with E-state index in [4.69, 9.17) is 19.4 Å². The number of pyridine rings is 1. The lowest BCUT2D eigenvalue weighted by atomic mass is 10.0. The van der Waals surface area contributed by atoms with Crippen LogP contribution in [-0.4, -0.2) is 72.6 Å². The Hall–Kier alpha value is -2.92. The van der Waals surface area contributed by atoms with Gasteiger partial charge in [-0.05, 0) is 39.7 Å². The Kier molecular flexibility index (Phi) is 6.56. The number of hydrogen-bond donors (Lipinski definition) is 2. The molecular formula is C26H36N6O4S. The predicted octanol–water partition coefficient (Wildman–Crippen LogP) is 3.89. The minimum atomic E-state index is -3.55.